The molecule has 200 valence electrons. The molecular weight excluding hydrogens is 494 g/mol. The number of nitrogens with two attached hydrogens (primary N) is 1. The van der Waals surface area contributed by atoms with Gasteiger partial charge in [0.1, 0.15) is 5.75 Å². The third-order valence-corrected chi connectivity index (χ3v) is 9.24. The molecule has 3 unspecified atom stereocenters. The highest BCUT2D eigenvalue weighted by atomic mass is 32.2. The highest BCUT2D eigenvalue weighted by Gasteiger charge is 2.56. The molecule has 2 fully saturated rings. The van der Waals surface area contributed by atoms with Gasteiger partial charge in [0.15, 0.2) is 11.5 Å². The molecule has 0 spiro atoms. The van der Waals surface area contributed by atoms with E-state index in [2.05, 4.69) is 13.0 Å². The predicted molar refractivity (Wildman–Crippen MR) is 140 cm³/mol. The molecule has 3 aliphatic rings. The molecule has 8 nitrogen and oxygen atoms in total. The lowest BCUT2D eigenvalue weighted by Gasteiger charge is -2.49. The predicted octanol–water partition coefficient (Wildman–Crippen LogP) is 4.21. The summed E-state index contributed by atoms with van der Waals surface area (Å²) in [5.74, 6) is 3.13. The van der Waals surface area contributed by atoms with Gasteiger partial charge in [-0.15, -0.1) is 0 Å². The van der Waals surface area contributed by atoms with Crippen LogP contribution in [-0.4, -0.2) is 41.0 Å². The quantitative estimate of drug-likeness (QED) is 0.576. The number of hydrogen-bond donors (Lipinski definition) is 2. The van der Waals surface area contributed by atoms with Crippen molar-refractivity contribution in [2.24, 2.45) is 22.4 Å². The summed E-state index contributed by atoms with van der Waals surface area (Å²) in [6.07, 6.45) is 6.10. The maximum Gasteiger partial charge on any atom is 0.380 e. The summed E-state index contributed by atoms with van der Waals surface area (Å²) in [5.41, 5.74) is 4.13. The van der Waals surface area contributed by atoms with E-state index < -0.39 is 16.4 Å². The summed E-state index contributed by atoms with van der Waals surface area (Å²) in [7, 11) is 0.719. The van der Waals surface area contributed by atoms with Crippen LogP contribution in [0.3, 0.4) is 0 Å². The maximum absolute atomic E-state index is 11.5. The zero-order valence-corrected chi connectivity index (χ0v) is 22.5. The highest BCUT2D eigenvalue weighted by molar-refractivity contribution is 7.84. The summed E-state index contributed by atoms with van der Waals surface area (Å²) < 4.78 is 44.1. The molecule has 9 heteroatoms. The van der Waals surface area contributed by atoms with Crippen LogP contribution in [-0.2, 0) is 16.7 Å². The number of aliphatic hydroxyl groups excluding tert-OH is 1. The zero-order valence-electron chi connectivity index (χ0n) is 21.7. The second-order valence-corrected chi connectivity index (χ2v) is 11.8. The smallest absolute Gasteiger partial charge is 0.380 e. The summed E-state index contributed by atoms with van der Waals surface area (Å²) in [5, 5.41) is 16.6. The van der Waals surface area contributed by atoms with Gasteiger partial charge in [-0.3, -0.25) is 0 Å². The van der Waals surface area contributed by atoms with Crippen LogP contribution in [0.15, 0.2) is 35.9 Å². The van der Waals surface area contributed by atoms with Crippen molar-refractivity contribution in [1.29, 1.82) is 0 Å². The minimum absolute atomic E-state index is 0.193. The number of hydrogen-bond acceptors (Lipinski definition) is 7. The van der Waals surface area contributed by atoms with Crippen molar-refractivity contribution < 1.29 is 31.9 Å². The van der Waals surface area contributed by atoms with E-state index in [9.17, 15) is 13.5 Å². The third-order valence-electron chi connectivity index (χ3n) is 8.82. The van der Waals surface area contributed by atoms with E-state index in [-0.39, 0.29) is 11.2 Å². The zero-order chi connectivity index (χ0) is 26.5. The van der Waals surface area contributed by atoms with Crippen LogP contribution >= 0.6 is 0 Å². The summed E-state index contributed by atoms with van der Waals surface area (Å²) in [6, 6.07) is 9.31. The molecule has 0 heterocycles. The minimum atomic E-state index is -4.05. The Labute approximate surface area is 218 Å². The second kappa shape index (κ2) is 9.53. The van der Waals surface area contributed by atoms with Gasteiger partial charge >= 0.3 is 10.3 Å². The van der Waals surface area contributed by atoms with Crippen LogP contribution in [0, 0.1) is 17.3 Å². The number of benzene rings is 2. The van der Waals surface area contributed by atoms with Gasteiger partial charge in [0.2, 0.25) is 5.75 Å². The van der Waals surface area contributed by atoms with Gasteiger partial charge in [-0.1, -0.05) is 19.1 Å². The first kappa shape index (κ1) is 25.9. The lowest BCUT2D eigenvalue weighted by atomic mass is 9.55. The first-order valence-corrected chi connectivity index (χ1v) is 14.1. The van der Waals surface area contributed by atoms with Crippen molar-refractivity contribution in [3.63, 3.8) is 0 Å². The van der Waals surface area contributed by atoms with Gasteiger partial charge in [0, 0.05) is 5.41 Å². The molecule has 0 aromatic heterocycles. The molecule has 0 aliphatic heterocycles. The van der Waals surface area contributed by atoms with Crippen molar-refractivity contribution in [2.75, 3.05) is 21.3 Å². The van der Waals surface area contributed by atoms with E-state index in [1.54, 1.807) is 27.4 Å². The second-order valence-electron chi connectivity index (χ2n) is 10.7. The number of ether oxygens (including phenoxy) is 3. The third kappa shape index (κ3) is 4.57. The Balaban J connectivity index is 1.44. The first-order valence-electron chi connectivity index (χ1n) is 12.6. The Morgan fingerprint density at radius 3 is 2.38 bits per heavy atom. The largest absolute Gasteiger partial charge is 0.493 e. The number of aliphatic hydroxyl groups is 1. The lowest BCUT2D eigenvalue weighted by Crippen LogP contribution is -2.44. The molecule has 2 aromatic carbocycles. The van der Waals surface area contributed by atoms with Crippen LogP contribution in [0.5, 0.6) is 23.0 Å². The SMILES string of the molecule is COc1cc(C=C2CC3C4CCc5cc(OS(N)(=O)=O)ccc5C4CC[C@]3(C)[C@H]2O)cc(OC)c1OC. The van der Waals surface area contributed by atoms with Gasteiger partial charge in [-0.05, 0) is 96.4 Å². The Morgan fingerprint density at radius 1 is 1.05 bits per heavy atom. The van der Waals surface area contributed by atoms with Gasteiger partial charge < -0.3 is 23.5 Å². The van der Waals surface area contributed by atoms with Gasteiger partial charge in [0.05, 0.1) is 27.4 Å². The van der Waals surface area contributed by atoms with Crippen molar-refractivity contribution >= 4 is 16.4 Å². The average molecular weight is 530 g/mol. The van der Waals surface area contributed by atoms with Crippen molar-refractivity contribution in [2.45, 2.75) is 51.0 Å². The van der Waals surface area contributed by atoms with E-state index in [0.29, 0.717) is 35.0 Å². The molecule has 0 saturated heterocycles. The van der Waals surface area contributed by atoms with Crippen LogP contribution in [0.4, 0.5) is 0 Å². The van der Waals surface area contributed by atoms with E-state index >= 15 is 0 Å². The molecule has 3 N–H and O–H groups in total. The van der Waals surface area contributed by atoms with Crippen LogP contribution in [0.25, 0.3) is 6.08 Å². The van der Waals surface area contributed by atoms with E-state index in [1.807, 2.05) is 24.3 Å². The van der Waals surface area contributed by atoms with Gasteiger partial charge in [0.25, 0.3) is 0 Å². The Hall–Kier alpha value is -2.75. The lowest BCUT2D eigenvalue weighted by molar-refractivity contribution is -0.0158. The number of rotatable bonds is 6. The molecule has 2 saturated carbocycles. The molecule has 5 rings (SSSR count). The Morgan fingerprint density at radius 2 is 1.76 bits per heavy atom. The van der Waals surface area contributed by atoms with E-state index in [0.717, 1.165) is 48.8 Å². The summed E-state index contributed by atoms with van der Waals surface area (Å²) in [4.78, 5) is 0. The van der Waals surface area contributed by atoms with Crippen LogP contribution in [0.2, 0.25) is 0 Å². The van der Waals surface area contributed by atoms with Crippen LogP contribution < -0.4 is 23.5 Å². The number of fused-ring (bicyclic) bond motifs is 5. The fourth-order valence-corrected chi connectivity index (χ4v) is 7.51. The minimum Gasteiger partial charge on any atom is -0.493 e. The number of aryl methyl sites for hydroxylation is 1. The molecule has 3 aliphatic carbocycles. The maximum atomic E-state index is 11.5. The molecule has 0 bridgehead atoms. The summed E-state index contributed by atoms with van der Waals surface area (Å²) >= 11 is 0. The van der Waals surface area contributed by atoms with E-state index in [1.165, 1.54) is 5.56 Å². The molecular formula is C28H35NO7S. The fourth-order valence-electron chi connectivity index (χ4n) is 7.14. The topological polar surface area (TPSA) is 117 Å². The molecule has 37 heavy (non-hydrogen) atoms. The van der Waals surface area contributed by atoms with Crippen molar-refractivity contribution in [1.82, 2.24) is 0 Å². The van der Waals surface area contributed by atoms with Gasteiger partial charge in [-0.2, -0.15) is 13.6 Å². The Kier molecular flexibility index (Phi) is 6.66. The molecule has 2 aromatic rings. The normalized spacial score (nSPS) is 29.7. The fraction of sp³-hybridized carbons (Fsp3) is 0.500. The van der Waals surface area contributed by atoms with Crippen molar-refractivity contribution in [3.05, 3.63) is 52.6 Å². The number of methoxy groups -OCH3 is 3. The molecule has 5 atom stereocenters. The van der Waals surface area contributed by atoms with Crippen LogP contribution in [0.1, 0.15) is 55.2 Å². The Bertz CT molecular complexity index is 1310. The van der Waals surface area contributed by atoms with E-state index in [4.69, 9.17) is 23.5 Å². The summed E-state index contributed by atoms with van der Waals surface area (Å²) in [6.45, 7) is 2.23. The average Bonchev–Trinajstić information content (AvgIpc) is 3.11. The van der Waals surface area contributed by atoms with Gasteiger partial charge in [-0.25, -0.2) is 0 Å². The standard InChI is InChI=1S/C28H35NO7S/c1-28-10-9-21-20-8-6-19(36-37(29,31)32)14-17(20)5-7-22(21)23(28)15-18(27(28)30)11-16-12-24(33-2)26(35-4)25(13-16)34-3/h6,8,11-14,21-23,27,30H,5,7,9-10,15H2,1-4H3,(H2,29,31,32)/t21?,22?,23?,27-,28-/m0/s1. The van der Waals surface area contributed by atoms with Crippen molar-refractivity contribution in [3.8, 4) is 23.0 Å². The highest BCUT2D eigenvalue weighted by Crippen LogP contribution is 2.62. The first-order chi connectivity index (χ1) is 17.6. The molecule has 0 amide bonds. The monoisotopic (exact) mass is 529 g/mol. The molecule has 0 radical (unpaired) electrons.